The lowest BCUT2D eigenvalue weighted by atomic mass is 10.1. The van der Waals surface area contributed by atoms with Crippen molar-refractivity contribution in [2.45, 2.75) is 52.6 Å². The minimum atomic E-state index is 0.145. The van der Waals surface area contributed by atoms with E-state index in [2.05, 4.69) is 39.3 Å². The van der Waals surface area contributed by atoms with Crippen LogP contribution in [0.1, 0.15) is 47.1 Å². The molecular formula is C21H26N4OS. The number of fused-ring (bicyclic) bond motifs is 1. The van der Waals surface area contributed by atoms with Crippen molar-refractivity contribution < 1.29 is 4.79 Å². The molecule has 3 heterocycles. The standard InChI is InChI=1S/C21H26N4OS/c1-14(2)11-19-23-15(3)20(27-19)21(26)25-10-6-7-16(25)12-24-13-22-17-8-4-5-9-18(17)24/h4-5,8-9,13-14,16H,6-7,10-12H2,1-3H3. The molecule has 0 bridgehead atoms. The second-order valence-electron chi connectivity index (χ2n) is 7.80. The summed E-state index contributed by atoms with van der Waals surface area (Å²) in [6, 6.07) is 8.38. The second-order valence-corrected chi connectivity index (χ2v) is 8.88. The Balaban J connectivity index is 1.54. The van der Waals surface area contributed by atoms with Gasteiger partial charge in [0, 0.05) is 19.5 Å². The van der Waals surface area contributed by atoms with Crippen molar-refractivity contribution in [3.8, 4) is 0 Å². The SMILES string of the molecule is Cc1nc(CC(C)C)sc1C(=O)N1CCCC1Cn1cnc2ccccc21. The molecule has 1 saturated heterocycles. The zero-order valence-corrected chi connectivity index (χ0v) is 17.0. The summed E-state index contributed by atoms with van der Waals surface area (Å²) in [5.41, 5.74) is 3.01. The average molecular weight is 383 g/mol. The number of hydrogen-bond donors (Lipinski definition) is 0. The predicted molar refractivity (Wildman–Crippen MR) is 109 cm³/mol. The normalized spacial score (nSPS) is 17.3. The molecule has 5 nitrogen and oxygen atoms in total. The van der Waals surface area contributed by atoms with Gasteiger partial charge < -0.3 is 9.47 Å². The number of likely N-dealkylation sites (tertiary alicyclic amines) is 1. The molecule has 1 fully saturated rings. The smallest absolute Gasteiger partial charge is 0.266 e. The Morgan fingerprint density at radius 3 is 2.96 bits per heavy atom. The van der Waals surface area contributed by atoms with E-state index in [1.807, 2.05) is 31.5 Å². The van der Waals surface area contributed by atoms with E-state index < -0.39 is 0 Å². The first-order chi connectivity index (χ1) is 13.0. The number of aromatic nitrogens is 3. The predicted octanol–water partition coefficient (Wildman–Crippen LogP) is 4.30. The monoisotopic (exact) mass is 382 g/mol. The average Bonchev–Trinajstić information content (AvgIpc) is 3.34. The van der Waals surface area contributed by atoms with E-state index in [0.717, 1.165) is 59.0 Å². The molecule has 2 aromatic heterocycles. The maximum Gasteiger partial charge on any atom is 0.266 e. The van der Waals surface area contributed by atoms with Gasteiger partial charge in [-0.05, 0) is 37.8 Å². The first-order valence-electron chi connectivity index (χ1n) is 9.70. The van der Waals surface area contributed by atoms with Gasteiger partial charge in [-0.1, -0.05) is 26.0 Å². The van der Waals surface area contributed by atoms with Crippen LogP contribution in [0.5, 0.6) is 0 Å². The second kappa shape index (κ2) is 7.43. The van der Waals surface area contributed by atoms with Gasteiger partial charge in [0.1, 0.15) is 4.88 Å². The van der Waals surface area contributed by atoms with Gasteiger partial charge in [0.25, 0.3) is 5.91 Å². The fraction of sp³-hybridized carbons (Fsp3) is 0.476. The summed E-state index contributed by atoms with van der Waals surface area (Å²) in [5, 5.41) is 1.07. The summed E-state index contributed by atoms with van der Waals surface area (Å²) >= 11 is 1.57. The van der Waals surface area contributed by atoms with Crippen molar-refractivity contribution in [2.24, 2.45) is 5.92 Å². The molecule has 3 aromatic rings. The maximum absolute atomic E-state index is 13.2. The van der Waals surface area contributed by atoms with E-state index in [0.29, 0.717) is 5.92 Å². The quantitative estimate of drug-likeness (QED) is 0.661. The number of nitrogens with zero attached hydrogens (tertiary/aromatic N) is 4. The molecule has 1 unspecified atom stereocenters. The van der Waals surface area contributed by atoms with Gasteiger partial charge in [-0.25, -0.2) is 9.97 Å². The molecule has 1 aliphatic rings. The Morgan fingerprint density at radius 2 is 2.15 bits per heavy atom. The molecule has 27 heavy (non-hydrogen) atoms. The van der Waals surface area contributed by atoms with E-state index in [1.165, 1.54) is 0 Å². The number of carbonyl (C=O) groups is 1. The van der Waals surface area contributed by atoms with Gasteiger partial charge in [-0.15, -0.1) is 11.3 Å². The number of imidazole rings is 1. The number of hydrogen-bond acceptors (Lipinski definition) is 4. The molecule has 1 atom stereocenters. The molecule has 0 spiro atoms. The van der Waals surface area contributed by atoms with Crippen LogP contribution in [0.15, 0.2) is 30.6 Å². The van der Waals surface area contributed by atoms with Crippen LogP contribution in [0.3, 0.4) is 0 Å². The van der Waals surface area contributed by atoms with Crippen LogP contribution in [0.2, 0.25) is 0 Å². The summed E-state index contributed by atoms with van der Waals surface area (Å²) in [5.74, 6) is 0.694. The third-order valence-corrected chi connectivity index (χ3v) is 6.36. The van der Waals surface area contributed by atoms with Crippen molar-refractivity contribution in [1.82, 2.24) is 19.4 Å². The zero-order chi connectivity index (χ0) is 19.0. The van der Waals surface area contributed by atoms with Crippen LogP contribution in [0.25, 0.3) is 11.0 Å². The van der Waals surface area contributed by atoms with E-state index in [1.54, 1.807) is 11.3 Å². The summed E-state index contributed by atoms with van der Waals surface area (Å²) in [6.45, 7) is 7.95. The largest absolute Gasteiger partial charge is 0.333 e. The Hall–Kier alpha value is -2.21. The van der Waals surface area contributed by atoms with Crippen molar-refractivity contribution >= 4 is 28.3 Å². The van der Waals surface area contributed by atoms with Crippen LogP contribution in [0, 0.1) is 12.8 Å². The van der Waals surface area contributed by atoms with Crippen molar-refractivity contribution in [3.05, 3.63) is 46.2 Å². The third-order valence-electron chi connectivity index (χ3n) is 5.19. The van der Waals surface area contributed by atoms with Gasteiger partial charge in [0.2, 0.25) is 0 Å². The highest BCUT2D eigenvalue weighted by Crippen LogP contribution is 2.27. The fourth-order valence-electron chi connectivity index (χ4n) is 3.89. The summed E-state index contributed by atoms with van der Waals surface area (Å²) in [4.78, 5) is 25.2. The third kappa shape index (κ3) is 3.63. The number of aryl methyl sites for hydroxylation is 1. The van der Waals surface area contributed by atoms with Crippen LogP contribution in [-0.4, -0.2) is 37.9 Å². The number of benzene rings is 1. The molecule has 0 N–H and O–H groups in total. The van der Waals surface area contributed by atoms with E-state index in [9.17, 15) is 4.79 Å². The van der Waals surface area contributed by atoms with Crippen LogP contribution in [-0.2, 0) is 13.0 Å². The Kier molecular flexibility index (Phi) is 5.00. The minimum absolute atomic E-state index is 0.145. The van der Waals surface area contributed by atoms with E-state index in [4.69, 9.17) is 0 Å². The molecule has 0 aliphatic carbocycles. The molecular weight excluding hydrogens is 356 g/mol. The number of thiazole rings is 1. The lowest BCUT2D eigenvalue weighted by Gasteiger charge is -2.25. The number of carbonyl (C=O) groups excluding carboxylic acids is 1. The van der Waals surface area contributed by atoms with Gasteiger partial charge in [-0.2, -0.15) is 0 Å². The van der Waals surface area contributed by atoms with Crippen molar-refractivity contribution in [3.63, 3.8) is 0 Å². The van der Waals surface area contributed by atoms with Crippen LogP contribution in [0.4, 0.5) is 0 Å². The fourth-order valence-corrected chi connectivity index (χ4v) is 5.13. The molecule has 0 saturated carbocycles. The maximum atomic E-state index is 13.2. The van der Waals surface area contributed by atoms with Gasteiger partial charge >= 0.3 is 0 Å². The van der Waals surface area contributed by atoms with Gasteiger partial charge in [0.15, 0.2) is 0 Å². The molecule has 1 amide bonds. The van der Waals surface area contributed by atoms with Crippen LogP contribution < -0.4 is 0 Å². The van der Waals surface area contributed by atoms with Crippen molar-refractivity contribution in [2.75, 3.05) is 6.54 Å². The molecule has 1 aromatic carbocycles. The van der Waals surface area contributed by atoms with E-state index in [-0.39, 0.29) is 11.9 Å². The summed E-state index contributed by atoms with van der Waals surface area (Å²) < 4.78 is 2.18. The molecule has 4 rings (SSSR count). The van der Waals surface area contributed by atoms with E-state index >= 15 is 0 Å². The van der Waals surface area contributed by atoms with Gasteiger partial charge in [0.05, 0.1) is 34.1 Å². The Bertz CT molecular complexity index is 958. The van der Waals surface area contributed by atoms with Crippen LogP contribution >= 0.6 is 11.3 Å². The number of amides is 1. The highest BCUT2D eigenvalue weighted by Gasteiger charge is 2.32. The topological polar surface area (TPSA) is 51.0 Å². The Morgan fingerprint density at radius 1 is 1.33 bits per heavy atom. The zero-order valence-electron chi connectivity index (χ0n) is 16.2. The molecule has 142 valence electrons. The lowest BCUT2D eigenvalue weighted by molar-refractivity contribution is 0.0729. The highest BCUT2D eigenvalue weighted by atomic mass is 32.1. The first kappa shape index (κ1) is 18.2. The van der Waals surface area contributed by atoms with Crippen molar-refractivity contribution in [1.29, 1.82) is 0 Å². The lowest BCUT2D eigenvalue weighted by Crippen LogP contribution is -2.37. The summed E-state index contributed by atoms with van der Waals surface area (Å²) in [7, 11) is 0. The molecule has 0 radical (unpaired) electrons. The Labute approximate surface area is 164 Å². The number of rotatable bonds is 5. The first-order valence-corrected chi connectivity index (χ1v) is 10.5. The minimum Gasteiger partial charge on any atom is -0.333 e. The summed E-state index contributed by atoms with van der Waals surface area (Å²) in [6.07, 6.45) is 4.92. The van der Waals surface area contributed by atoms with Gasteiger partial charge in [-0.3, -0.25) is 4.79 Å². The molecule has 6 heteroatoms. The molecule has 1 aliphatic heterocycles. The highest BCUT2D eigenvalue weighted by molar-refractivity contribution is 7.13. The number of para-hydroxylation sites is 2.